The van der Waals surface area contributed by atoms with Crippen LogP contribution in [0.1, 0.15) is 5.56 Å². The minimum atomic E-state index is 0.869. The monoisotopic (exact) mass is 142 g/mol. The molecule has 0 unspecified atom stereocenters. The highest BCUT2D eigenvalue weighted by molar-refractivity contribution is 5.84. The molecule has 1 N–H and O–H groups in total. The molecular formula is C9H6N2. The maximum absolute atomic E-state index is 5.26. The molecule has 0 aliphatic rings. The molecule has 0 saturated heterocycles. The van der Waals surface area contributed by atoms with Crippen molar-refractivity contribution in [3.63, 3.8) is 0 Å². The number of aromatic nitrogens is 2. The molecule has 52 valence electrons. The number of hydrogen-bond acceptors (Lipinski definition) is 1. The molecule has 2 heteroatoms. The van der Waals surface area contributed by atoms with E-state index >= 15 is 0 Å². The fourth-order valence-corrected chi connectivity index (χ4v) is 1.08. The van der Waals surface area contributed by atoms with Crippen LogP contribution in [-0.4, -0.2) is 9.97 Å². The highest BCUT2D eigenvalue weighted by Gasteiger charge is 1.97. The van der Waals surface area contributed by atoms with Crippen molar-refractivity contribution in [2.75, 3.05) is 0 Å². The Morgan fingerprint density at radius 2 is 2.45 bits per heavy atom. The summed E-state index contributed by atoms with van der Waals surface area (Å²) in [7, 11) is 0. The van der Waals surface area contributed by atoms with E-state index in [9.17, 15) is 0 Å². The first-order valence-electron chi connectivity index (χ1n) is 3.29. The Morgan fingerprint density at radius 1 is 1.55 bits per heavy atom. The second-order valence-corrected chi connectivity index (χ2v) is 2.27. The lowest BCUT2D eigenvalue weighted by atomic mass is 10.2. The summed E-state index contributed by atoms with van der Waals surface area (Å²) >= 11 is 0. The van der Waals surface area contributed by atoms with Gasteiger partial charge in [0.05, 0.1) is 5.56 Å². The average Bonchev–Trinajstić information content (AvgIpc) is 2.47. The number of rotatable bonds is 0. The number of nitrogens with zero attached hydrogens (tertiary/aromatic N) is 1. The van der Waals surface area contributed by atoms with Crippen molar-refractivity contribution in [3.8, 4) is 12.3 Å². The first-order chi connectivity index (χ1) is 5.42. The van der Waals surface area contributed by atoms with Crippen LogP contribution in [0, 0.1) is 12.3 Å². The van der Waals surface area contributed by atoms with E-state index in [0.717, 1.165) is 16.5 Å². The van der Waals surface area contributed by atoms with E-state index in [0.29, 0.717) is 0 Å². The van der Waals surface area contributed by atoms with Crippen LogP contribution in [-0.2, 0) is 0 Å². The number of pyridine rings is 1. The zero-order chi connectivity index (χ0) is 7.68. The van der Waals surface area contributed by atoms with Crippen molar-refractivity contribution in [3.05, 3.63) is 30.2 Å². The van der Waals surface area contributed by atoms with Gasteiger partial charge in [-0.25, -0.2) is 0 Å². The third-order valence-electron chi connectivity index (χ3n) is 1.64. The zero-order valence-electron chi connectivity index (χ0n) is 5.83. The molecule has 0 radical (unpaired) electrons. The normalized spacial score (nSPS) is 9.73. The molecule has 2 rings (SSSR count). The molecular weight excluding hydrogens is 136 g/mol. The summed E-state index contributed by atoms with van der Waals surface area (Å²) in [5, 5.41) is 1.01. The summed E-state index contributed by atoms with van der Waals surface area (Å²) in [5.41, 5.74) is 1.90. The summed E-state index contributed by atoms with van der Waals surface area (Å²) in [6.07, 6.45) is 10.6. The van der Waals surface area contributed by atoms with Gasteiger partial charge in [0.1, 0.15) is 0 Å². The second-order valence-electron chi connectivity index (χ2n) is 2.27. The van der Waals surface area contributed by atoms with E-state index in [1.165, 1.54) is 0 Å². The lowest BCUT2D eigenvalue weighted by Crippen LogP contribution is -1.71. The zero-order valence-corrected chi connectivity index (χ0v) is 5.83. The third-order valence-corrected chi connectivity index (χ3v) is 1.64. The molecule has 0 bridgehead atoms. The van der Waals surface area contributed by atoms with Gasteiger partial charge in [-0.2, -0.15) is 0 Å². The van der Waals surface area contributed by atoms with Gasteiger partial charge in [0.15, 0.2) is 0 Å². The molecule has 0 aliphatic heterocycles. The van der Waals surface area contributed by atoms with E-state index in [4.69, 9.17) is 6.42 Å². The average molecular weight is 142 g/mol. The highest BCUT2D eigenvalue weighted by Crippen LogP contribution is 2.14. The molecule has 2 heterocycles. The van der Waals surface area contributed by atoms with Gasteiger partial charge in [-0.15, -0.1) is 6.42 Å². The second kappa shape index (κ2) is 2.14. The summed E-state index contributed by atoms with van der Waals surface area (Å²) < 4.78 is 0. The van der Waals surface area contributed by atoms with Crippen molar-refractivity contribution in [1.29, 1.82) is 0 Å². The predicted octanol–water partition coefficient (Wildman–Crippen LogP) is 1.54. The smallest absolute Gasteiger partial charge is 0.0511 e. The summed E-state index contributed by atoms with van der Waals surface area (Å²) in [6, 6.07) is 1.90. The fourth-order valence-electron chi connectivity index (χ4n) is 1.08. The van der Waals surface area contributed by atoms with Gasteiger partial charge in [-0.1, -0.05) is 5.92 Å². The lowest BCUT2D eigenvalue weighted by molar-refractivity contribution is 1.36. The van der Waals surface area contributed by atoms with Crippen LogP contribution in [0.4, 0.5) is 0 Å². The van der Waals surface area contributed by atoms with Gasteiger partial charge < -0.3 is 4.98 Å². The first-order valence-corrected chi connectivity index (χ1v) is 3.29. The standard InChI is InChI=1S/C9H6N2/c1-2-7-5-11-9-3-4-10-6-8(7)9/h1,3-6,11H. The minimum absolute atomic E-state index is 0.869. The Morgan fingerprint density at radius 3 is 3.27 bits per heavy atom. The molecule has 0 amide bonds. The molecule has 0 aliphatic carbocycles. The number of fused-ring (bicyclic) bond motifs is 1. The van der Waals surface area contributed by atoms with Crippen LogP contribution in [0.15, 0.2) is 24.7 Å². The Hall–Kier alpha value is -1.75. The quantitative estimate of drug-likeness (QED) is 0.555. The van der Waals surface area contributed by atoms with Gasteiger partial charge in [-0.05, 0) is 6.07 Å². The van der Waals surface area contributed by atoms with Gasteiger partial charge >= 0.3 is 0 Å². The predicted molar refractivity (Wildman–Crippen MR) is 44.0 cm³/mol. The van der Waals surface area contributed by atoms with E-state index in [-0.39, 0.29) is 0 Å². The molecule has 2 aromatic heterocycles. The Balaban J connectivity index is 2.89. The highest BCUT2D eigenvalue weighted by atomic mass is 14.7. The maximum Gasteiger partial charge on any atom is 0.0511 e. The Labute approximate surface area is 64.3 Å². The topological polar surface area (TPSA) is 28.7 Å². The van der Waals surface area contributed by atoms with E-state index < -0.39 is 0 Å². The van der Waals surface area contributed by atoms with Crippen LogP contribution < -0.4 is 0 Å². The van der Waals surface area contributed by atoms with Crippen molar-refractivity contribution >= 4 is 10.9 Å². The van der Waals surface area contributed by atoms with Crippen molar-refractivity contribution in [2.45, 2.75) is 0 Å². The molecule has 0 saturated carbocycles. The summed E-state index contributed by atoms with van der Waals surface area (Å²) in [4.78, 5) is 7.03. The van der Waals surface area contributed by atoms with Gasteiger partial charge in [0.25, 0.3) is 0 Å². The van der Waals surface area contributed by atoms with Crippen LogP contribution in [0.25, 0.3) is 10.9 Å². The van der Waals surface area contributed by atoms with Crippen molar-refractivity contribution in [1.82, 2.24) is 9.97 Å². The molecule has 0 fully saturated rings. The Bertz CT molecular complexity index is 420. The van der Waals surface area contributed by atoms with Crippen molar-refractivity contribution in [2.24, 2.45) is 0 Å². The van der Waals surface area contributed by atoms with Crippen LogP contribution in [0.3, 0.4) is 0 Å². The SMILES string of the molecule is C#Cc1c[nH]c2ccncc12. The summed E-state index contributed by atoms with van der Waals surface area (Å²) in [6.45, 7) is 0. The fraction of sp³-hybridized carbons (Fsp3) is 0. The molecule has 0 atom stereocenters. The van der Waals surface area contributed by atoms with Crippen LogP contribution >= 0.6 is 0 Å². The van der Waals surface area contributed by atoms with Crippen LogP contribution in [0.5, 0.6) is 0 Å². The number of H-pyrrole nitrogens is 1. The van der Waals surface area contributed by atoms with Gasteiger partial charge in [0, 0.05) is 29.5 Å². The van der Waals surface area contributed by atoms with E-state index in [2.05, 4.69) is 15.9 Å². The van der Waals surface area contributed by atoms with Gasteiger partial charge in [0.2, 0.25) is 0 Å². The number of aromatic amines is 1. The number of hydrogen-bond donors (Lipinski definition) is 1. The van der Waals surface area contributed by atoms with Gasteiger partial charge in [-0.3, -0.25) is 4.98 Å². The van der Waals surface area contributed by atoms with Crippen LogP contribution in [0.2, 0.25) is 0 Å². The van der Waals surface area contributed by atoms with Crippen molar-refractivity contribution < 1.29 is 0 Å². The van der Waals surface area contributed by atoms with E-state index in [1.807, 2.05) is 12.3 Å². The molecule has 2 nitrogen and oxygen atoms in total. The molecule has 0 aromatic carbocycles. The summed E-state index contributed by atoms with van der Waals surface area (Å²) in [5.74, 6) is 2.58. The first kappa shape index (κ1) is 5.99. The maximum atomic E-state index is 5.26. The molecule has 0 spiro atoms. The largest absolute Gasteiger partial charge is 0.360 e. The van der Waals surface area contributed by atoms with E-state index in [1.54, 1.807) is 12.4 Å². The number of nitrogens with one attached hydrogen (secondary N) is 1. The molecule has 2 aromatic rings. The lowest BCUT2D eigenvalue weighted by Gasteiger charge is -1.85. The minimum Gasteiger partial charge on any atom is -0.360 e. The Kier molecular flexibility index (Phi) is 1.16. The number of terminal acetylenes is 1. The third kappa shape index (κ3) is 0.786. The molecule has 11 heavy (non-hydrogen) atoms.